The number of hydrogen-bond donors (Lipinski definition) is 1. The molecule has 0 bridgehead atoms. The SMILES string of the molecule is O=C(Nc1cccc(-c2ccc(N3CCOCC3)nn2)c1)c1ccc(=O)n(Cc2cccc(F)c2)n1. The van der Waals surface area contributed by atoms with Crippen LogP contribution in [0.15, 0.2) is 77.6 Å². The van der Waals surface area contributed by atoms with E-state index in [1.807, 2.05) is 18.2 Å². The highest BCUT2D eigenvalue weighted by Crippen LogP contribution is 2.22. The van der Waals surface area contributed by atoms with Gasteiger partial charge in [0.1, 0.15) is 11.5 Å². The number of hydrogen-bond acceptors (Lipinski definition) is 7. The zero-order chi connectivity index (χ0) is 24.9. The molecule has 10 heteroatoms. The number of benzene rings is 2. The predicted molar refractivity (Wildman–Crippen MR) is 132 cm³/mol. The van der Waals surface area contributed by atoms with Gasteiger partial charge in [-0.05, 0) is 48.0 Å². The first-order valence-electron chi connectivity index (χ1n) is 11.5. The van der Waals surface area contributed by atoms with Crippen LogP contribution in [-0.2, 0) is 11.3 Å². The monoisotopic (exact) mass is 486 g/mol. The number of morpholine rings is 1. The molecule has 3 heterocycles. The highest BCUT2D eigenvalue weighted by Gasteiger charge is 2.14. The van der Waals surface area contributed by atoms with Gasteiger partial charge in [-0.3, -0.25) is 9.59 Å². The van der Waals surface area contributed by atoms with E-state index in [1.165, 1.54) is 24.3 Å². The van der Waals surface area contributed by atoms with Crippen LogP contribution in [0.3, 0.4) is 0 Å². The van der Waals surface area contributed by atoms with Crippen LogP contribution in [0.25, 0.3) is 11.3 Å². The number of carbonyl (C=O) groups excluding carboxylic acids is 1. The molecule has 182 valence electrons. The van der Waals surface area contributed by atoms with Crippen LogP contribution in [0.4, 0.5) is 15.9 Å². The number of amides is 1. The summed E-state index contributed by atoms with van der Waals surface area (Å²) in [6.45, 7) is 2.94. The third-order valence-electron chi connectivity index (χ3n) is 5.72. The van der Waals surface area contributed by atoms with Crippen LogP contribution in [-0.4, -0.2) is 52.2 Å². The number of nitrogens with one attached hydrogen (secondary N) is 1. The Balaban J connectivity index is 1.30. The van der Waals surface area contributed by atoms with Gasteiger partial charge < -0.3 is 15.0 Å². The van der Waals surface area contributed by atoms with Gasteiger partial charge in [0.25, 0.3) is 11.5 Å². The van der Waals surface area contributed by atoms with Crippen molar-refractivity contribution in [3.8, 4) is 11.3 Å². The maximum Gasteiger partial charge on any atom is 0.276 e. The molecule has 0 saturated carbocycles. The molecule has 0 atom stereocenters. The minimum Gasteiger partial charge on any atom is -0.378 e. The van der Waals surface area contributed by atoms with Crippen LogP contribution in [0.1, 0.15) is 16.1 Å². The Hall–Kier alpha value is -4.44. The Bertz CT molecular complexity index is 1430. The van der Waals surface area contributed by atoms with E-state index in [0.29, 0.717) is 30.2 Å². The second-order valence-corrected chi connectivity index (χ2v) is 8.26. The summed E-state index contributed by atoms with van der Waals surface area (Å²) in [6, 6.07) is 19.6. The molecule has 1 amide bonds. The normalized spacial score (nSPS) is 13.4. The molecule has 0 aliphatic carbocycles. The summed E-state index contributed by atoms with van der Waals surface area (Å²) in [6.07, 6.45) is 0. The number of ether oxygens (including phenoxy) is 1. The van der Waals surface area contributed by atoms with Gasteiger partial charge in [-0.15, -0.1) is 10.2 Å². The Morgan fingerprint density at radius 1 is 0.972 bits per heavy atom. The average molecular weight is 487 g/mol. The maximum absolute atomic E-state index is 13.5. The molecule has 2 aromatic carbocycles. The summed E-state index contributed by atoms with van der Waals surface area (Å²) in [5.74, 6) is -0.0883. The lowest BCUT2D eigenvalue weighted by Crippen LogP contribution is -2.36. The highest BCUT2D eigenvalue weighted by atomic mass is 19.1. The number of carbonyl (C=O) groups is 1. The van der Waals surface area contributed by atoms with E-state index in [1.54, 1.807) is 30.3 Å². The van der Waals surface area contributed by atoms with Crippen molar-refractivity contribution in [1.29, 1.82) is 0 Å². The van der Waals surface area contributed by atoms with E-state index in [4.69, 9.17) is 4.74 Å². The second kappa shape index (κ2) is 10.4. The molecule has 4 aromatic rings. The molecule has 1 N–H and O–H groups in total. The van der Waals surface area contributed by atoms with E-state index in [2.05, 4.69) is 25.5 Å². The molecule has 0 unspecified atom stereocenters. The zero-order valence-corrected chi connectivity index (χ0v) is 19.3. The van der Waals surface area contributed by atoms with Crippen molar-refractivity contribution < 1.29 is 13.9 Å². The standard InChI is InChI=1S/C26H23FN6O3/c27-20-5-1-3-18(15-20)17-33-25(34)10-8-23(31-33)26(35)28-21-6-2-4-19(16-21)22-7-9-24(30-29-22)32-11-13-36-14-12-32/h1-10,15-16H,11-14,17H2,(H,28,35). The minimum atomic E-state index is -0.478. The van der Waals surface area contributed by atoms with Gasteiger partial charge in [0.05, 0.1) is 25.5 Å². The van der Waals surface area contributed by atoms with Gasteiger partial charge in [-0.25, -0.2) is 9.07 Å². The van der Waals surface area contributed by atoms with Crippen molar-refractivity contribution in [2.75, 3.05) is 36.5 Å². The average Bonchev–Trinajstić information content (AvgIpc) is 2.91. The van der Waals surface area contributed by atoms with Gasteiger partial charge >= 0.3 is 0 Å². The van der Waals surface area contributed by atoms with E-state index in [0.717, 1.165) is 29.2 Å². The lowest BCUT2D eigenvalue weighted by atomic mass is 10.1. The largest absolute Gasteiger partial charge is 0.378 e. The molecule has 0 spiro atoms. The van der Waals surface area contributed by atoms with Gasteiger partial charge in [0.2, 0.25) is 0 Å². The molecule has 0 radical (unpaired) electrons. The molecule has 1 fully saturated rings. The molecular weight excluding hydrogens is 463 g/mol. The molecule has 2 aromatic heterocycles. The number of anilines is 2. The highest BCUT2D eigenvalue weighted by molar-refractivity contribution is 6.03. The third-order valence-corrected chi connectivity index (χ3v) is 5.72. The van der Waals surface area contributed by atoms with Crippen LogP contribution >= 0.6 is 0 Å². The zero-order valence-electron chi connectivity index (χ0n) is 19.3. The Morgan fingerprint density at radius 2 is 1.81 bits per heavy atom. The first kappa shape index (κ1) is 23.3. The Labute approximate surface area is 206 Å². The van der Waals surface area contributed by atoms with Gasteiger partial charge in [-0.2, -0.15) is 5.10 Å². The van der Waals surface area contributed by atoms with Crippen LogP contribution < -0.4 is 15.8 Å². The number of nitrogens with zero attached hydrogens (tertiary/aromatic N) is 5. The fourth-order valence-electron chi connectivity index (χ4n) is 3.88. The van der Waals surface area contributed by atoms with Gasteiger partial charge in [0, 0.05) is 30.4 Å². The number of halogens is 1. The van der Waals surface area contributed by atoms with Crippen molar-refractivity contribution >= 4 is 17.4 Å². The van der Waals surface area contributed by atoms with E-state index in [-0.39, 0.29) is 12.2 Å². The smallest absolute Gasteiger partial charge is 0.276 e. The summed E-state index contributed by atoms with van der Waals surface area (Å²) in [5, 5.41) is 15.7. The van der Waals surface area contributed by atoms with Crippen LogP contribution in [0.5, 0.6) is 0 Å². The molecule has 1 saturated heterocycles. The third kappa shape index (κ3) is 5.44. The number of aromatic nitrogens is 4. The number of rotatable bonds is 6. The molecule has 1 aliphatic rings. The van der Waals surface area contributed by atoms with Crippen molar-refractivity contribution in [2.45, 2.75) is 6.54 Å². The summed E-state index contributed by atoms with van der Waals surface area (Å²) < 4.78 is 20.0. The second-order valence-electron chi connectivity index (χ2n) is 8.26. The molecule has 5 rings (SSSR count). The topological polar surface area (TPSA) is 102 Å². The van der Waals surface area contributed by atoms with E-state index in [9.17, 15) is 14.0 Å². The summed E-state index contributed by atoms with van der Waals surface area (Å²) in [4.78, 5) is 27.2. The van der Waals surface area contributed by atoms with Gasteiger partial charge in [-0.1, -0.05) is 24.3 Å². The Kier molecular flexibility index (Phi) is 6.76. The lowest BCUT2D eigenvalue weighted by molar-refractivity contribution is 0.102. The molecule has 1 aliphatic heterocycles. The first-order chi connectivity index (χ1) is 17.5. The lowest BCUT2D eigenvalue weighted by Gasteiger charge is -2.27. The molecule has 36 heavy (non-hydrogen) atoms. The van der Waals surface area contributed by atoms with Crippen LogP contribution in [0.2, 0.25) is 0 Å². The van der Waals surface area contributed by atoms with Crippen LogP contribution in [0, 0.1) is 5.82 Å². The predicted octanol–water partition coefficient (Wildman–Crippen LogP) is 2.98. The summed E-state index contributed by atoms with van der Waals surface area (Å²) in [7, 11) is 0. The van der Waals surface area contributed by atoms with E-state index >= 15 is 0 Å². The molecule has 9 nitrogen and oxygen atoms in total. The Morgan fingerprint density at radius 3 is 2.58 bits per heavy atom. The van der Waals surface area contributed by atoms with E-state index < -0.39 is 17.3 Å². The van der Waals surface area contributed by atoms with Gasteiger partial charge in [0.15, 0.2) is 5.82 Å². The quantitative estimate of drug-likeness (QED) is 0.447. The molecular formula is C26H23FN6O3. The van der Waals surface area contributed by atoms with Crippen molar-refractivity contribution in [2.24, 2.45) is 0 Å². The summed E-state index contributed by atoms with van der Waals surface area (Å²) in [5.41, 5.74) is 2.24. The first-order valence-corrected chi connectivity index (χ1v) is 11.5. The minimum absolute atomic E-state index is 0.0479. The van der Waals surface area contributed by atoms with Crippen molar-refractivity contribution in [3.63, 3.8) is 0 Å². The maximum atomic E-state index is 13.5. The fourth-order valence-corrected chi connectivity index (χ4v) is 3.88. The van der Waals surface area contributed by atoms with Crippen molar-refractivity contribution in [3.05, 3.63) is 100 Å². The van der Waals surface area contributed by atoms with Crippen molar-refractivity contribution in [1.82, 2.24) is 20.0 Å². The summed E-state index contributed by atoms with van der Waals surface area (Å²) >= 11 is 0. The fraction of sp³-hybridized carbons (Fsp3) is 0.192.